The molecule has 104 valence electrons. The van der Waals surface area contributed by atoms with Crippen molar-refractivity contribution >= 4 is 33.4 Å². The first-order valence-corrected chi connectivity index (χ1v) is 7.58. The van der Waals surface area contributed by atoms with E-state index in [1.807, 2.05) is 0 Å². The Hall–Kier alpha value is -0.580. The molecule has 1 fully saturated rings. The standard InChI is InChI=1S/C14H17BrClNO2/c1-17(12-4-2-3-5-13(12)18)14(19)10-8-9(15)6-7-11(10)16/h6-8,12-13,18H,2-5H2,1H3. The van der Waals surface area contributed by atoms with E-state index in [0.717, 1.165) is 30.2 Å². The summed E-state index contributed by atoms with van der Waals surface area (Å²) < 4.78 is 0.817. The molecule has 0 bridgehead atoms. The molecule has 2 unspecified atom stereocenters. The van der Waals surface area contributed by atoms with Crippen LogP contribution in [0.3, 0.4) is 0 Å². The first kappa shape index (κ1) is 14.8. The van der Waals surface area contributed by atoms with Crippen molar-refractivity contribution in [3.05, 3.63) is 33.3 Å². The fourth-order valence-electron chi connectivity index (χ4n) is 2.55. The summed E-state index contributed by atoms with van der Waals surface area (Å²) in [6.07, 6.45) is 3.24. The normalized spacial score (nSPS) is 23.2. The molecular formula is C14H17BrClNO2. The van der Waals surface area contributed by atoms with Crippen molar-refractivity contribution in [3.8, 4) is 0 Å². The highest BCUT2D eigenvalue weighted by atomic mass is 79.9. The van der Waals surface area contributed by atoms with Crippen LogP contribution < -0.4 is 0 Å². The molecule has 1 aromatic rings. The molecule has 0 saturated heterocycles. The van der Waals surface area contributed by atoms with Gasteiger partial charge in [0, 0.05) is 11.5 Å². The number of amides is 1. The largest absolute Gasteiger partial charge is 0.391 e. The van der Waals surface area contributed by atoms with Crippen molar-refractivity contribution in [3.63, 3.8) is 0 Å². The van der Waals surface area contributed by atoms with Gasteiger partial charge in [-0.3, -0.25) is 4.79 Å². The van der Waals surface area contributed by atoms with E-state index in [4.69, 9.17) is 11.6 Å². The summed E-state index contributed by atoms with van der Waals surface area (Å²) in [7, 11) is 1.73. The lowest BCUT2D eigenvalue weighted by molar-refractivity contribution is 0.0268. The molecule has 1 aliphatic carbocycles. The SMILES string of the molecule is CN(C(=O)c1cc(Br)ccc1Cl)C1CCCCC1O. The van der Waals surface area contributed by atoms with Gasteiger partial charge in [0.2, 0.25) is 0 Å². The number of aliphatic hydroxyl groups is 1. The summed E-state index contributed by atoms with van der Waals surface area (Å²) in [6, 6.07) is 5.10. The average Bonchev–Trinajstić information content (AvgIpc) is 2.40. The van der Waals surface area contributed by atoms with E-state index in [2.05, 4.69) is 15.9 Å². The zero-order chi connectivity index (χ0) is 14.0. The molecule has 5 heteroatoms. The van der Waals surface area contributed by atoms with Gasteiger partial charge in [0.05, 0.1) is 22.7 Å². The van der Waals surface area contributed by atoms with Crippen LogP contribution in [-0.2, 0) is 0 Å². The van der Waals surface area contributed by atoms with E-state index in [1.165, 1.54) is 0 Å². The number of halogens is 2. The van der Waals surface area contributed by atoms with E-state index < -0.39 is 6.10 Å². The van der Waals surface area contributed by atoms with Crippen LogP contribution in [0.25, 0.3) is 0 Å². The number of hydrogen-bond acceptors (Lipinski definition) is 2. The van der Waals surface area contributed by atoms with Gasteiger partial charge < -0.3 is 10.0 Å². The Morgan fingerprint density at radius 2 is 2.11 bits per heavy atom. The number of carbonyl (C=O) groups excluding carboxylic acids is 1. The van der Waals surface area contributed by atoms with Crippen LogP contribution in [0, 0.1) is 0 Å². The number of likely N-dealkylation sites (N-methyl/N-ethyl adjacent to an activating group) is 1. The number of aliphatic hydroxyl groups excluding tert-OH is 1. The van der Waals surface area contributed by atoms with Gasteiger partial charge in [0.1, 0.15) is 0 Å². The highest BCUT2D eigenvalue weighted by Crippen LogP contribution is 2.26. The van der Waals surface area contributed by atoms with Crippen LogP contribution in [0.5, 0.6) is 0 Å². The van der Waals surface area contributed by atoms with Crippen molar-refractivity contribution in [1.82, 2.24) is 4.90 Å². The summed E-state index contributed by atoms with van der Waals surface area (Å²) in [5.74, 6) is -0.141. The number of carbonyl (C=O) groups is 1. The minimum atomic E-state index is -0.436. The van der Waals surface area contributed by atoms with Crippen molar-refractivity contribution in [1.29, 1.82) is 0 Å². The summed E-state index contributed by atoms with van der Waals surface area (Å²) in [5.41, 5.74) is 0.469. The summed E-state index contributed by atoms with van der Waals surface area (Å²) in [4.78, 5) is 14.1. The Labute approximate surface area is 126 Å². The molecule has 19 heavy (non-hydrogen) atoms. The lowest BCUT2D eigenvalue weighted by Gasteiger charge is -2.35. The number of rotatable bonds is 2. The van der Waals surface area contributed by atoms with Gasteiger partial charge >= 0.3 is 0 Å². The highest BCUT2D eigenvalue weighted by molar-refractivity contribution is 9.10. The molecule has 3 nitrogen and oxygen atoms in total. The molecule has 1 amide bonds. The van der Waals surface area contributed by atoms with Gasteiger partial charge in [-0.25, -0.2) is 0 Å². The van der Waals surface area contributed by atoms with E-state index in [1.54, 1.807) is 30.1 Å². The Kier molecular flexibility index (Phi) is 4.87. The lowest BCUT2D eigenvalue weighted by Crippen LogP contribution is -2.46. The molecule has 1 aliphatic rings. The van der Waals surface area contributed by atoms with E-state index >= 15 is 0 Å². The van der Waals surface area contributed by atoms with Crippen LogP contribution in [0.2, 0.25) is 5.02 Å². The van der Waals surface area contributed by atoms with Crippen molar-refractivity contribution in [2.24, 2.45) is 0 Å². The maximum absolute atomic E-state index is 12.5. The molecule has 0 radical (unpaired) electrons. The molecule has 2 rings (SSSR count). The van der Waals surface area contributed by atoms with Crippen molar-refractivity contribution in [2.45, 2.75) is 37.8 Å². The Morgan fingerprint density at radius 1 is 1.42 bits per heavy atom. The number of nitrogens with zero attached hydrogens (tertiary/aromatic N) is 1. The third-order valence-corrected chi connectivity index (χ3v) is 4.49. The molecule has 0 aliphatic heterocycles. The predicted molar refractivity (Wildman–Crippen MR) is 79.5 cm³/mol. The minimum absolute atomic E-state index is 0.115. The average molecular weight is 347 g/mol. The second-order valence-electron chi connectivity index (χ2n) is 4.96. The third kappa shape index (κ3) is 3.30. The zero-order valence-electron chi connectivity index (χ0n) is 10.8. The van der Waals surface area contributed by atoms with Crippen LogP contribution >= 0.6 is 27.5 Å². The van der Waals surface area contributed by atoms with Crippen LogP contribution in [-0.4, -0.2) is 35.1 Å². The zero-order valence-corrected chi connectivity index (χ0v) is 13.1. The Balaban J connectivity index is 2.20. The fourth-order valence-corrected chi connectivity index (χ4v) is 3.10. The van der Waals surface area contributed by atoms with Crippen LogP contribution in [0.1, 0.15) is 36.0 Å². The molecule has 0 heterocycles. The molecule has 0 spiro atoms. The molecule has 1 saturated carbocycles. The number of benzene rings is 1. The fraction of sp³-hybridized carbons (Fsp3) is 0.500. The maximum Gasteiger partial charge on any atom is 0.255 e. The van der Waals surface area contributed by atoms with Crippen LogP contribution in [0.4, 0.5) is 0 Å². The summed E-state index contributed by atoms with van der Waals surface area (Å²) in [5, 5.41) is 10.5. The van der Waals surface area contributed by atoms with Crippen molar-refractivity contribution < 1.29 is 9.90 Å². The van der Waals surface area contributed by atoms with Gasteiger partial charge in [-0.05, 0) is 31.0 Å². The second-order valence-corrected chi connectivity index (χ2v) is 6.28. The lowest BCUT2D eigenvalue weighted by atomic mass is 9.91. The first-order chi connectivity index (χ1) is 9.00. The first-order valence-electron chi connectivity index (χ1n) is 6.41. The number of hydrogen-bond donors (Lipinski definition) is 1. The van der Waals surface area contributed by atoms with Gasteiger partial charge in [-0.15, -0.1) is 0 Å². The van der Waals surface area contributed by atoms with E-state index in [0.29, 0.717) is 10.6 Å². The van der Waals surface area contributed by atoms with Gasteiger partial charge in [-0.2, -0.15) is 0 Å². The van der Waals surface area contributed by atoms with Gasteiger partial charge in [0.15, 0.2) is 0 Å². The molecular weight excluding hydrogens is 330 g/mol. The predicted octanol–water partition coefficient (Wildman–Crippen LogP) is 3.48. The van der Waals surface area contributed by atoms with Crippen molar-refractivity contribution in [2.75, 3.05) is 7.05 Å². The van der Waals surface area contributed by atoms with Gasteiger partial charge in [-0.1, -0.05) is 40.4 Å². The molecule has 1 aromatic carbocycles. The van der Waals surface area contributed by atoms with E-state index in [9.17, 15) is 9.90 Å². The molecule has 2 atom stereocenters. The maximum atomic E-state index is 12.5. The molecule has 0 aromatic heterocycles. The third-order valence-electron chi connectivity index (χ3n) is 3.67. The topological polar surface area (TPSA) is 40.5 Å². The monoisotopic (exact) mass is 345 g/mol. The van der Waals surface area contributed by atoms with Gasteiger partial charge in [0.25, 0.3) is 5.91 Å². The Morgan fingerprint density at radius 3 is 2.79 bits per heavy atom. The molecule has 1 N–H and O–H groups in total. The smallest absolute Gasteiger partial charge is 0.255 e. The highest BCUT2D eigenvalue weighted by Gasteiger charge is 2.30. The second kappa shape index (κ2) is 6.25. The summed E-state index contributed by atoms with van der Waals surface area (Å²) >= 11 is 9.42. The Bertz CT molecular complexity index is 481. The quantitative estimate of drug-likeness (QED) is 0.890. The minimum Gasteiger partial charge on any atom is -0.391 e. The van der Waals surface area contributed by atoms with Crippen LogP contribution in [0.15, 0.2) is 22.7 Å². The van der Waals surface area contributed by atoms with E-state index in [-0.39, 0.29) is 11.9 Å². The summed E-state index contributed by atoms with van der Waals surface area (Å²) in [6.45, 7) is 0.